The number of nitrogens with one attached hydrogen (secondary N) is 2. The third-order valence-electron chi connectivity index (χ3n) is 1.81. The van der Waals surface area contributed by atoms with Crippen LogP contribution < -0.4 is 11.3 Å². The third-order valence-corrected chi connectivity index (χ3v) is 2.92. The zero-order valence-electron chi connectivity index (χ0n) is 9.40. The van der Waals surface area contributed by atoms with Gasteiger partial charge < -0.3 is 0 Å². The van der Waals surface area contributed by atoms with E-state index in [0.717, 1.165) is 10.4 Å². The van der Waals surface area contributed by atoms with Crippen molar-refractivity contribution in [3.8, 4) is 0 Å². The molecule has 0 aromatic carbocycles. The molecule has 86 valence electrons. The molecule has 2 aromatic heterocycles. The van der Waals surface area contributed by atoms with E-state index in [-0.39, 0.29) is 4.75 Å². The summed E-state index contributed by atoms with van der Waals surface area (Å²) < 4.78 is 0.0738. The lowest BCUT2D eigenvalue weighted by molar-refractivity contribution is 0.800. The highest BCUT2D eigenvalue weighted by Crippen LogP contribution is 2.34. The number of thioether (sulfide) groups is 1. The van der Waals surface area contributed by atoms with Crippen molar-refractivity contribution in [1.29, 1.82) is 0 Å². The molecule has 0 aliphatic carbocycles. The van der Waals surface area contributed by atoms with Crippen molar-refractivity contribution >= 4 is 28.7 Å². The van der Waals surface area contributed by atoms with Gasteiger partial charge in [-0.05, 0) is 0 Å². The molecule has 4 N–H and O–H groups in total. The van der Waals surface area contributed by atoms with Gasteiger partial charge in [0.05, 0.1) is 11.6 Å². The zero-order chi connectivity index (χ0) is 11.8. The van der Waals surface area contributed by atoms with Crippen molar-refractivity contribution in [2.24, 2.45) is 5.84 Å². The van der Waals surface area contributed by atoms with Crippen LogP contribution in [0.4, 0.5) is 5.95 Å². The van der Waals surface area contributed by atoms with Gasteiger partial charge in [0.25, 0.3) is 0 Å². The highest BCUT2D eigenvalue weighted by atomic mass is 32.2. The monoisotopic (exact) mass is 238 g/mol. The number of anilines is 1. The second-order valence-electron chi connectivity index (χ2n) is 4.34. The highest BCUT2D eigenvalue weighted by Gasteiger charge is 2.17. The van der Waals surface area contributed by atoms with Crippen LogP contribution in [0.5, 0.6) is 0 Å². The Balaban J connectivity index is 2.52. The first-order valence-corrected chi connectivity index (χ1v) is 5.68. The minimum atomic E-state index is 0.0738. The van der Waals surface area contributed by atoms with Gasteiger partial charge in [-0.1, -0.05) is 32.5 Å². The highest BCUT2D eigenvalue weighted by molar-refractivity contribution is 8.00. The number of nitrogens with zero attached hydrogens (tertiary/aromatic N) is 3. The molecular formula is C9H14N6S. The van der Waals surface area contributed by atoms with Crippen LogP contribution in [0.2, 0.25) is 0 Å². The van der Waals surface area contributed by atoms with Crippen molar-refractivity contribution in [3.63, 3.8) is 0 Å². The van der Waals surface area contributed by atoms with E-state index in [1.807, 2.05) is 0 Å². The molecule has 2 rings (SSSR count). The summed E-state index contributed by atoms with van der Waals surface area (Å²) in [5.74, 6) is 5.72. The topological polar surface area (TPSA) is 92.5 Å². The van der Waals surface area contributed by atoms with Crippen molar-refractivity contribution < 1.29 is 0 Å². The molecule has 0 saturated heterocycles. The fourth-order valence-corrected chi connectivity index (χ4v) is 2.21. The number of hydrogen-bond donors (Lipinski definition) is 3. The number of aromatic nitrogens is 4. The lowest BCUT2D eigenvalue weighted by atomic mass is 10.3. The second-order valence-corrected chi connectivity index (χ2v) is 6.16. The second kappa shape index (κ2) is 3.91. The third kappa shape index (κ3) is 2.25. The summed E-state index contributed by atoms with van der Waals surface area (Å²) in [7, 11) is 0. The zero-order valence-corrected chi connectivity index (χ0v) is 10.2. The Hall–Kier alpha value is -1.34. The van der Waals surface area contributed by atoms with Gasteiger partial charge >= 0.3 is 0 Å². The molecule has 0 fully saturated rings. The molecule has 6 nitrogen and oxygen atoms in total. The first-order valence-electron chi connectivity index (χ1n) is 4.86. The maximum absolute atomic E-state index is 5.32. The van der Waals surface area contributed by atoms with Crippen LogP contribution in [0.3, 0.4) is 0 Å². The molecular weight excluding hydrogens is 224 g/mol. The number of hydrogen-bond acceptors (Lipinski definition) is 6. The first kappa shape index (κ1) is 11.2. The average molecular weight is 238 g/mol. The van der Waals surface area contributed by atoms with E-state index < -0.39 is 0 Å². The minimum absolute atomic E-state index is 0.0738. The molecule has 0 atom stereocenters. The molecule has 16 heavy (non-hydrogen) atoms. The predicted octanol–water partition coefficient (Wildman–Crippen LogP) is 1.53. The Labute approximate surface area is 97.4 Å². The Morgan fingerprint density at radius 2 is 2.12 bits per heavy atom. The fraction of sp³-hybridized carbons (Fsp3) is 0.444. The predicted molar refractivity (Wildman–Crippen MR) is 65.1 cm³/mol. The summed E-state index contributed by atoms with van der Waals surface area (Å²) in [6.45, 7) is 6.38. The molecule has 0 aliphatic rings. The summed E-state index contributed by atoms with van der Waals surface area (Å²) in [4.78, 5) is 8.50. The van der Waals surface area contributed by atoms with E-state index in [1.165, 1.54) is 0 Å². The minimum Gasteiger partial charge on any atom is -0.292 e. The maximum Gasteiger partial charge on any atom is 0.240 e. The van der Waals surface area contributed by atoms with Crippen LogP contribution in [-0.4, -0.2) is 24.9 Å². The van der Waals surface area contributed by atoms with E-state index >= 15 is 0 Å². The Kier molecular flexibility index (Phi) is 2.73. The first-order chi connectivity index (χ1) is 7.49. The van der Waals surface area contributed by atoms with Gasteiger partial charge in [-0.2, -0.15) is 10.1 Å². The van der Waals surface area contributed by atoms with Crippen molar-refractivity contribution in [2.45, 2.75) is 30.5 Å². The van der Waals surface area contributed by atoms with E-state index in [9.17, 15) is 0 Å². The number of hydrazine groups is 1. The number of fused-ring (bicyclic) bond motifs is 1. The summed E-state index contributed by atoms with van der Waals surface area (Å²) in [5.41, 5.74) is 3.14. The molecule has 0 amide bonds. The summed E-state index contributed by atoms with van der Waals surface area (Å²) in [6.07, 6.45) is 1.73. The van der Waals surface area contributed by atoms with Crippen LogP contribution in [0.15, 0.2) is 11.2 Å². The number of aromatic amines is 1. The number of nitrogen functional groups attached to an aromatic ring is 1. The smallest absolute Gasteiger partial charge is 0.240 e. The molecule has 0 aliphatic heterocycles. The molecule has 0 bridgehead atoms. The normalized spacial score (nSPS) is 12.0. The van der Waals surface area contributed by atoms with Crippen molar-refractivity contribution in [1.82, 2.24) is 20.2 Å². The van der Waals surface area contributed by atoms with Crippen LogP contribution in [0, 0.1) is 0 Å². The van der Waals surface area contributed by atoms with Crippen LogP contribution in [-0.2, 0) is 0 Å². The van der Waals surface area contributed by atoms with Gasteiger partial charge in [-0.3, -0.25) is 10.5 Å². The SMILES string of the molecule is CC(C)(C)Sc1nc(NN)nc2[nH]ncc12. The van der Waals surface area contributed by atoms with Crippen LogP contribution >= 0.6 is 11.8 Å². The van der Waals surface area contributed by atoms with E-state index in [4.69, 9.17) is 5.84 Å². The van der Waals surface area contributed by atoms with Crippen LogP contribution in [0.1, 0.15) is 20.8 Å². The van der Waals surface area contributed by atoms with Crippen LogP contribution in [0.25, 0.3) is 11.0 Å². The summed E-state index contributed by atoms with van der Waals surface area (Å²) in [6, 6.07) is 0. The lowest BCUT2D eigenvalue weighted by Crippen LogP contribution is -2.12. The maximum atomic E-state index is 5.32. The Morgan fingerprint density at radius 3 is 2.75 bits per heavy atom. The Bertz CT molecular complexity index is 500. The van der Waals surface area contributed by atoms with E-state index in [0.29, 0.717) is 11.6 Å². The van der Waals surface area contributed by atoms with Gasteiger partial charge in [0.1, 0.15) is 5.03 Å². The standard InChI is InChI=1S/C9H14N6S/c1-9(2,3)16-7-5-4-11-15-6(5)12-8(13-7)14-10/h4H,10H2,1-3H3,(H2,11,12,13,14,15). The molecule has 0 spiro atoms. The lowest BCUT2D eigenvalue weighted by Gasteiger charge is -2.17. The number of nitrogens with two attached hydrogens (primary N) is 1. The Morgan fingerprint density at radius 1 is 1.38 bits per heavy atom. The number of H-pyrrole nitrogens is 1. The van der Waals surface area contributed by atoms with Crippen molar-refractivity contribution in [3.05, 3.63) is 6.20 Å². The van der Waals surface area contributed by atoms with E-state index in [2.05, 4.69) is 46.4 Å². The van der Waals surface area contributed by atoms with Gasteiger partial charge in [0.15, 0.2) is 5.65 Å². The van der Waals surface area contributed by atoms with E-state index in [1.54, 1.807) is 18.0 Å². The summed E-state index contributed by atoms with van der Waals surface area (Å²) >= 11 is 1.66. The van der Waals surface area contributed by atoms with Gasteiger partial charge in [-0.25, -0.2) is 10.8 Å². The molecule has 2 heterocycles. The average Bonchev–Trinajstić information content (AvgIpc) is 2.63. The molecule has 0 unspecified atom stereocenters. The molecule has 7 heteroatoms. The quantitative estimate of drug-likeness (QED) is 0.318. The van der Waals surface area contributed by atoms with Gasteiger partial charge in [0, 0.05) is 4.75 Å². The summed E-state index contributed by atoms with van der Waals surface area (Å²) in [5, 5.41) is 8.56. The fourth-order valence-electron chi connectivity index (χ4n) is 1.24. The van der Waals surface area contributed by atoms with Crippen molar-refractivity contribution in [2.75, 3.05) is 5.43 Å². The molecule has 0 radical (unpaired) electrons. The number of rotatable bonds is 2. The van der Waals surface area contributed by atoms with Gasteiger partial charge in [0.2, 0.25) is 5.95 Å². The van der Waals surface area contributed by atoms with Gasteiger partial charge in [-0.15, -0.1) is 0 Å². The molecule has 2 aromatic rings. The molecule has 0 saturated carbocycles. The largest absolute Gasteiger partial charge is 0.292 e.